The summed E-state index contributed by atoms with van der Waals surface area (Å²) >= 11 is 0. The molecule has 0 atom stereocenters. The van der Waals surface area contributed by atoms with Gasteiger partial charge >= 0.3 is 0 Å². The van der Waals surface area contributed by atoms with Crippen molar-refractivity contribution in [2.24, 2.45) is 0 Å². The highest BCUT2D eigenvalue weighted by molar-refractivity contribution is 7.89. The molecule has 3 aromatic rings. The zero-order valence-corrected chi connectivity index (χ0v) is 16.4. The van der Waals surface area contributed by atoms with E-state index in [0.29, 0.717) is 37.1 Å². The summed E-state index contributed by atoms with van der Waals surface area (Å²) < 4.78 is 30.4. The minimum Gasteiger partial charge on any atom is -0.393 e. The van der Waals surface area contributed by atoms with Crippen LogP contribution in [-0.2, 0) is 10.0 Å². The second kappa shape index (κ2) is 7.16. The molecule has 4 rings (SSSR count). The highest BCUT2D eigenvalue weighted by atomic mass is 32.2. The summed E-state index contributed by atoms with van der Waals surface area (Å²) in [6, 6.07) is 4.91. The third kappa shape index (κ3) is 3.48. The van der Waals surface area contributed by atoms with Gasteiger partial charge in [0.15, 0.2) is 11.5 Å². The lowest BCUT2D eigenvalue weighted by Gasteiger charge is -2.26. The molecule has 1 fully saturated rings. The number of imidazole rings is 1. The number of anilines is 1. The van der Waals surface area contributed by atoms with Crippen LogP contribution >= 0.6 is 0 Å². The van der Waals surface area contributed by atoms with E-state index in [-0.39, 0.29) is 17.0 Å². The third-order valence-corrected chi connectivity index (χ3v) is 6.79. The van der Waals surface area contributed by atoms with Crippen LogP contribution in [-0.4, -0.2) is 40.0 Å². The number of fused-ring (bicyclic) bond motifs is 1. The first-order valence-electron chi connectivity index (χ1n) is 9.24. The first-order valence-corrected chi connectivity index (χ1v) is 10.7. The molecule has 1 aliphatic rings. The second-order valence-corrected chi connectivity index (χ2v) is 8.97. The molecule has 4 N–H and O–H groups in total. The fourth-order valence-corrected chi connectivity index (χ4v) is 4.99. The summed E-state index contributed by atoms with van der Waals surface area (Å²) in [5.74, 6) is 0.316. The number of benzene rings is 1. The number of nitrogens with zero attached hydrogens (tertiary/aromatic N) is 3. The number of aryl methyl sites for hydroxylation is 1. The highest BCUT2D eigenvalue weighted by Crippen LogP contribution is 2.28. The molecule has 0 saturated heterocycles. The molecule has 0 unspecified atom stereocenters. The molecule has 148 valence electrons. The molecule has 2 aromatic heterocycles. The van der Waals surface area contributed by atoms with Crippen molar-refractivity contribution in [3.05, 3.63) is 42.4 Å². The Bertz CT molecular complexity index is 1120. The van der Waals surface area contributed by atoms with Crippen LogP contribution in [0.3, 0.4) is 0 Å². The van der Waals surface area contributed by atoms with Crippen molar-refractivity contribution in [3.8, 4) is 11.3 Å². The third-order valence-electron chi connectivity index (χ3n) is 5.27. The van der Waals surface area contributed by atoms with Crippen LogP contribution in [0.4, 0.5) is 5.82 Å². The molecule has 0 amide bonds. The van der Waals surface area contributed by atoms with Crippen molar-refractivity contribution >= 4 is 21.5 Å². The van der Waals surface area contributed by atoms with Crippen molar-refractivity contribution in [1.82, 2.24) is 19.1 Å². The number of aliphatic hydroxyl groups is 1. The maximum Gasteiger partial charge on any atom is 0.240 e. The number of nitrogen functional groups attached to an aromatic ring is 1. The van der Waals surface area contributed by atoms with Crippen LogP contribution in [0.1, 0.15) is 31.2 Å². The normalized spacial score (nSPS) is 20.5. The Hall–Kier alpha value is -2.49. The number of hydrogen-bond acceptors (Lipinski definition) is 6. The molecule has 0 bridgehead atoms. The van der Waals surface area contributed by atoms with Gasteiger partial charge in [-0.2, -0.15) is 0 Å². The van der Waals surface area contributed by atoms with E-state index in [9.17, 15) is 13.5 Å². The second-order valence-electron chi connectivity index (χ2n) is 7.25. The number of nitrogens with two attached hydrogens (primary N) is 1. The first-order chi connectivity index (χ1) is 13.3. The minimum absolute atomic E-state index is 0.153. The zero-order chi connectivity index (χ0) is 19.9. The molecule has 8 nitrogen and oxygen atoms in total. The van der Waals surface area contributed by atoms with Gasteiger partial charge in [-0.1, -0.05) is 6.07 Å². The van der Waals surface area contributed by atoms with Crippen LogP contribution in [0.5, 0.6) is 0 Å². The van der Waals surface area contributed by atoms with Gasteiger partial charge in [-0.3, -0.25) is 4.40 Å². The molecule has 9 heteroatoms. The van der Waals surface area contributed by atoms with Crippen LogP contribution < -0.4 is 10.5 Å². The van der Waals surface area contributed by atoms with Crippen molar-refractivity contribution in [1.29, 1.82) is 0 Å². The van der Waals surface area contributed by atoms with Crippen molar-refractivity contribution < 1.29 is 13.5 Å². The number of rotatable bonds is 4. The monoisotopic (exact) mass is 401 g/mol. The van der Waals surface area contributed by atoms with Crippen molar-refractivity contribution in [3.63, 3.8) is 0 Å². The number of sulfonamides is 1. The number of aromatic nitrogens is 3. The Kier molecular flexibility index (Phi) is 4.82. The summed E-state index contributed by atoms with van der Waals surface area (Å²) in [7, 11) is -3.67. The largest absolute Gasteiger partial charge is 0.393 e. The molecule has 1 aromatic carbocycles. The Morgan fingerprint density at radius 2 is 1.96 bits per heavy atom. The molecule has 0 spiro atoms. The number of nitrogens with one attached hydrogen (secondary N) is 1. The smallest absolute Gasteiger partial charge is 0.240 e. The first kappa shape index (κ1) is 18.9. The van der Waals surface area contributed by atoms with Gasteiger partial charge in [0.1, 0.15) is 0 Å². The van der Waals surface area contributed by atoms with Gasteiger partial charge in [0.2, 0.25) is 10.0 Å². The quantitative estimate of drug-likeness (QED) is 0.613. The molecule has 28 heavy (non-hydrogen) atoms. The van der Waals surface area contributed by atoms with Crippen molar-refractivity contribution in [2.45, 2.75) is 49.6 Å². The summed E-state index contributed by atoms with van der Waals surface area (Å²) in [5, 5.41) is 9.62. The minimum atomic E-state index is -3.67. The fraction of sp³-hybridized carbons (Fsp3) is 0.368. The van der Waals surface area contributed by atoms with Gasteiger partial charge in [-0.05, 0) is 50.3 Å². The molecular weight excluding hydrogens is 378 g/mol. The van der Waals surface area contributed by atoms with Gasteiger partial charge in [-0.25, -0.2) is 23.1 Å². The topological polar surface area (TPSA) is 123 Å². The van der Waals surface area contributed by atoms with Gasteiger partial charge in [0.05, 0.1) is 22.9 Å². The maximum absolute atomic E-state index is 12.9. The van der Waals surface area contributed by atoms with Gasteiger partial charge < -0.3 is 10.8 Å². The molecule has 2 heterocycles. The van der Waals surface area contributed by atoms with E-state index < -0.39 is 10.0 Å². The van der Waals surface area contributed by atoms with Crippen molar-refractivity contribution in [2.75, 3.05) is 5.73 Å². The standard InChI is InChI=1S/C19H23N5O3S/c1-12-2-7-15(28(26,27)23-13-3-5-14(25)6-4-13)10-16(12)17-11-22-19-18(20)21-8-9-24(17)19/h2,7-11,13-14,23,25H,3-6H2,1H3,(H2,20,21). The van der Waals surface area contributed by atoms with E-state index in [1.165, 1.54) is 0 Å². The molecular formula is C19H23N5O3S. The van der Waals surface area contributed by atoms with Gasteiger partial charge in [-0.15, -0.1) is 0 Å². The van der Waals surface area contributed by atoms with Crippen LogP contribution in [0.15, 0.2) is 41.7 Å². The summed E-state index contributed by atoms with van der Waals surface area (Å²) in [6.07, 6.45) is 7.18. The lowest BCUT2D eigenvalue weighted by molar-refractivity contribution is 0.120. The summed E-state index contributed by atoms with van der Waals surface area (Å²) in [4.78, 5) is 8.55. The van der Waals surface area contributed by atoms with Crippen LogP contribution in [0.25, 0.3) is 16.9 Å². The average Bonchev–Trinajstić information content (AvgIpc) is 3.09. The Balaban J connectivity index is 1.69. The predicted molar refractivity (Wildman–Crippen MR) is 106 cm³/mol. The predicted octanol–water partition coefficient (Wildman–Crippen LogP) is 1.87. The Morgan fingerprint density at radius 1 is 1.21 bits per heavy atom. The van der Waals surface area contributed by atoms with E-state index in [4.69, 9.17) is 5.73 Å². The molecule has 1 aliphatic carbocycles. The fourth-order valence-electron chi connectivity index (χ4n) is 3.66. The molecule has 0 aliphatic heterocycles. The van der Waals surface area contributed by atoms with E-state index in [0.717, 1.165) is 16.8 Å². The Labute approximate surface area is 163 Å². The molecule has 0 radical (unpaired) electrons. The van der Waals surface area contributed by atoms with E-state index in [1.807, 2.05) is 6.92 Å². The van der Waals surface area contributed by atoms with E-state index >= 15 is 0 Å². The van der Waals surface area contributed by atoms with Gasteiger partial charge in [0.25, 0.3) is 0 Å². The van der Waals surface area contributed by atoms with E-state index in [2.05, 4.69) is 14.7 Å². The SMILES string of the molecule is Cc1ccc(S(=O)(=O)NC2CCC(O)CC2)cc1-c1cnc2c(N)nccn12. The van der Waals surface area contributed by atoms with Gasteiger partial charge in [0, 0.05) is 24.0 Å². The maximum atomic E-state index is 12.9. The lowest BCUT2D eigenvalue weighted by Crippen LogP contribution is -2.38. The average molecular weight is 401 g/mol. The Morgan fingerprint density at radius 3 is 2.71 bits per heavy atom. The summed E-state index contributed by atoms with van der Waals surface area (Å²) in [5.41, 5.74) is 8.85. The lowest BCUT2D eigenvalue weighted by atomic mass is 9.94. The van der Waals surface area contributed by atoms with E-state index in [1.54, 1.807) is 41.2 Å². The summed E-state index contributed by atoms with van der Waals surface area (Å²) in [6.45, 7) is 1.92. The van der Waals surface area contributed by atoms with Crippen LogP contribution in [0, 0.1) is 6.92 Å². The molecule has 1 saturated carbocycles. The number of aliphatic hydroxyl groups excluding tert-OH is 1. The highest BCUT2D eigenvalue weighted by Gasteiger charge is 2.25. The number of hydrogen-bond donors (Lipinski definition) is 3. The zero-order valence-electron chi connectivity index (χ0n) is 15.5. The van der Waals surface area contributed by atoms with Crippen LogP contribution in [0.2, 0.25) is 0 Å².